The molecule has 1 aliphatic carbocycles. The molecule has 282 valence electrons. The number of carbonyl (C=O) groups excluding carboxylic acids is 2. The van der Waals surface area contributed by atoms with Crippen LogP contribution in [-0.2, 0) is 20.1 Å². The van der Waals surface area contributed by atoms with Crippen molar-refractivity contribution in [1.82, 2.24) is 19.7 Å². The van der Waals surface area contributed by atoms with Gasteiger partial charge in [0.05, 0.1) is 57.9 Å². The largest absolute Gasteiger partial charge is 0.466 e. The molecule has 0 aliphatic heterocycles. The molecule has 0 aromatic carbocycles. The van der Waals surface area contributed by atoms with Crippen LogP contribution in [0.2, 0.25) is 28.2 Å². The number of hydrogen-bond acceptors (Lipinski definition) is 6. The van der Waals surface area contributed by atoms with Crippen LogP contribution >= 0.6 is 23.2 Å². The zero-order valence-corrected chi connectivity index (χ0v) is 31.9. The predicted octanol–water partition coefficient (Wildman–Crippen LogP) is 10.1. The highest BCUT2D eigenvalue weighted by atomic mass is 35.5. The van der Waals surface area contributed by atoms with Gasteiger partial charge in [-0.3, -0.25) is 19.3 Å². The molecular formula is C33H46Cl2F6N4O4Si. The lowest BCUT2D eigenvalue weighted by Crippen LogP contribution is -2.49. The van der Waals surface area contributed by atoms with Gasteiger partial charge in [-0.1, -0.05) is 44.0 Å². The molecule has 1 unspecified atom stereocenters. The van der Waals surface area contributed by atoms with Gasteiger partial charge in [0.25, 0.3) is 5.91 Å². The molecule has 0 N–H and O–H groups in total. The van der Waals surface area contributed by atoms with E-state index in [0.717, 1.165) is 29.6 Å². The molecule has 2 aromatic rings. The minimum atomic E-state index is -5.10. The molecule has 1 saturated carbocycles. The highest BCUT2D eigenvalue weighted by molar-refractivity contribution is 6.73. The molecular weight excluding hydrogens is 729 g/mol. The maximum absolute atomic E-state index is 14.9. The number of carbonyl (C=O) groups is 2. The first kappa shape index (κ1) is 42.1. The molecule has 1 fully saturated rings. The fraction of sp³-hybridized carbons (Fsp3) is 0.697. The SMILES string of the molecule is CCOC(=O)[C@]1(C)CC[C@@H](n2ncc(C(=O)N(CC(O[Si](CC)(CC)CC)c3c(Cl)cncc3Cl)CC(C)(C)C(F)(F)F)c2C(F)(F)F)CC1. The predicted molar refractivity (Wildman–Crippen MR) is 180 cm³/mol. The maximum atomic E-state index is 14.9. The molecule has 0 bridgehead atoms. The van der Waals surface area contributed by atoms with Crippen molar-refractivity contribution in [2.24, 2.45) is 10.8 Å². The minimum Gasteiger partial charge on any atom is -0.466 e. The third-order valence-electron chi connectivity index (χ3n) is 10.0. The highest BCUT2D eigenvalue weighted by Gasteiger charge is 2.51. The van der Waals surface area contributed by atoms with Crippen LogP contribution in [0.4, 0.5) is 26.3 Å². The molecule has 3 rings (SSSR count). The van der Waals surface area contributed by atoms with Crippen LogP contribution in [0.5, 0.6) is 0 Å². The maximum Gasteiger partial charge on any atom is 0.433 e. The van der Waals surface area contributed by atoms with Gasteiger partial charge in [-0.15, -0.1) is 0 Å². The second-order valence-corrected chi connectivity index (χ2v) is 19.3. The molecule has 1 atom stereocenters. The average Bonchev–Trinajstić information content (AvgIpc) is 3.49. The quantitative estimate of drug-likeness (QED) is 0.108. The summed E-state index contributed by atoms with van der Waals surface area (Å²) in [4.78, 5) is 31.5. The number of halogens is 8. The van der Waals surface area contributed by atoms with Crippen LogP contribution in [0.15, 0.2) is 18.6 Å². The number of ether oxygens (including phenoxy) is 1. The summed E-state index contributed by atoms with van der Waals surface area (Å²) in [6.07, 6.45) is -7.10. The number of aromatic nitrogens is 3. The van der Waals surface area contributed by atoms with E-state index in [0.29, 0.717) is 18.1 Å². The van der Waals surface area contributed by atoms with Crippen LogP contribution < -0.4 is 0 Å². The molecule has 8 nitrogen and oxygen atoms in total. The second-order valence-electron chi connectivity index (χ2n) is 13.8. The summed E-state index contributed by atoms with van der Waals surface area (Å²) >= 11 is 13.0. The second kappa shape index (κ2) is 16.1. The number of pyridine rings is 1. The summed E-state index contributed by atoms with van der Waals surface area (Å²) in [6.45, 7) is 9.44. The summed E-state index contributed by atoms with van der Waals surface area (Å²) in [5.74, 6) is -1.75. The van der Waals surface area contributed by atoms with Gasteiger partial charge in [0.1, 0.15) is 0 Å². The van der Waals surface area contributed by atoms with Crippen molar-refractivity contribution in [2.75, 3.05) is 19.7 Å². The first-order valence-corrected chi connectivity index (χ1v) is 20.0. The van der Waals surface area contributed by atoms with Crippen molar-refractivity contribution in [2.45, 2.75) is 117 Å². The number of nitrogens with zero attached hydrogens (tertiary/aromatic N) is 4. The fourth-order valence-electron chi connectivity index (χ4n) is 6.45. The monoisotopic (exact) mass is 774 g/mol. The number of esters is 1. The Hall–Kier alpha value is -2.36. The van der Waals surface area contributed by atoms with E-state index >= 15 is 0 Å². The third-order valence-corrected chi connectivity index (χ3v) is 15.3. The Morgan fingerprint density at radius 3 is 2.00 bits per heavy atom. The lowest BCUT2D eigenvalue weighted by molar-refractivity contribution is -0.215. The first-order chi connectivity index (χ1) is 23.1. The van der Waals surface area contributed by atoms with Crippen molar-refractivity contribution >= 4 is 43.4 Å². The Bertz CT molecular complexity index is 1460. The molecule has 50 heavy (non-hydrogen) atoms. The summed E-state index contributed by atoms with van der Waals surface area (Å²) in [7, 11) is -2.60. The average molecular weight is 776 g/mol. The lowest BCUT2D eigenvalue weighted by atomic mass is 9.74. The number of hydrogen-bond donors (Lipinski definition) is 0. The standard InChI is InChI=1S/C33H46Cl2F6N4O4Si/c1-8-48-29(47)31(7)14-12-21(13-15-31)45-27(32(36,37)38)22(16-43-45)28(46)44(20-30(5,6)33(39,40)41)19-25(49-50(9-2,10-3)11-4)26-23(34)17-42-18-24(26)35/h16-18,21,25H,8-15,19-20H2,1-7H3/t21-,25?,31-. The molecule has 1 aliphatic rings. The number of amides is 1. The Morgan fingerprint density at radius 1 is 1.00 bits per heavy atom. The van der Waals surface area contributed by atoms with E-state index in [1.807, 2.05) is 20.8 Å². The fourth-order valence-corrected chi connectivity index (χ4v) is 9.85. The van der Waals surface area contributed by atoms with Crippen LogP contribution in [0.25, 0.3) is 0 Å². The van der Waals surface area contributed by atoms with Gasteiger partial charge in [-0.2, -0.15) is 31.4 Å². The summed E-state index contributed by atoms with van der Waals surface area (Å²) in [5.41, 5.74) is -5.53. The van der Waals surface area contributed by atoms with Crippen LogP contribution in [0.3, 0.4) is 0 Å². The molecule has 2 heterocycles. The van der Waals surface area contributed by atoms with Crippen LogP contribution in [0, 0.1) is 10.8 Å². The summed E-state index contributed by atoms with van der Waals surface area (Å²) in [5, 5.41) is 4.05. The van der Waals surface area contributed by atoms with E-state index in [2.05, 4.69) is 10.1 Å². The van der Waals surface area contributed by atoms with Crippen molar-refractivity contribution in [3.05, 3.63) is 45.5 Å². The number of rotatable bonds is 14. The van der Waals surface area contributed by atoms with Gasteiger partial charge in [0, 0.05) is 24.5 Å². The molecule has 2 aromatic heterocycles. The zero-order chi connectivity index (χ0) is 37.9. The van der Waals surface area contributed by atoms with E-state index in [1.54, 1.807) is 13.8 Å². The Kier molecular flexibility index (Phi) is 13.6. The van der Waals surface area contributed by atoms with E-state index in [-0.39, 0.29) is 47.9 Å². The van der Waals surface area contributed by atoms with E-state index in [1.165, 1.54) is 12.4 Å². The zero-order valence-electron chi connectivity index (χ0n) is 29.4. The Labute approximate surface area is 300 Å². The van der Waals surface area contributed by atoms with Gasteiger partial charge in [-0.25, -0.2) is 0 Å². The summed E-state index contributed by atoms with van der Waals surface area (Å²) in [6, 6.07) is 1.01. The van der Waals surface area contributed by atoms with Crippen molar-refractivity contribution in [3.63, 3.8) is 0 Å². The molecule has 0 spiro atoms. The van der Waals surface area contributed by atoms with Gasteiger partial charge in [0.2, 0.25) is 0 Å². The van der Waals surface area contributed by atoms with E-state index < -0.39 is 79.9 Å². The normalized spacial score (nSPS) is 19.7. The van der Waals surface area contributed by atoms with Crippen molar-refractivity contribution in [3.8, 4) is 0 Å². The smallest absolute Gasteiger partial charge is 0.433 e. The van der Waals surface area contributed by atoms with Gasteiger partial charge in [-0.05, 0) is 71.5 Å². The summed E-state index contributed by atoms with van der Waals surface area (Å²) < 4.78 is 100. The van der Waals surface area contributed by atoms with Gasteiger partial charge >= 0.3 is 18.3 Å². The molecule has 1 amide bonds. The molecule has 0 saturated heterocycles. The van der Waals surface area contributed by atoms with E-state index in [9.17, 15) is 35.9 Å². The van der Waals surface area contributed by atoms with Crippen LogP contribution in [0.1, 0.15) is 108 Å². The van der Waals surface area contributed by atoms with Gasteiger partial charge in [0.15, 0.2) is 14.0 Å². The van der Waals surface area contributed by atoms with Crippen LogP contribution in [-0.4, -0.2) is 65.7 Å². The Morgan fingerprint density at radius 2 is 1.54 bits per heavy atom. The topological polar surface area (TPSA) is 86.6 Å². The lowest BCUT2D eigenvalue weighted by Gasteiger charge is -2.39. The minimum absolute atomic E-state index is 0.0344. The van der Waals surface area contributed by atoms with Gasteiger partial charge < -0.3 is 14.1 Å². The highest BCUT2D eigenvalue weighted by Crippen LogP contribution is 2.45. The molecule has 17 heteroatoms. The molecule has 0 radical (unpaired) electrons. The first-order valence-electron chi connectivity index (χ1n) is 16.7. The van der Waals surface area contributed by atoms with Crippen molar-refractivity contribution < 1.29 is 45.1 Å². The van der Waals surface area contributed by atoms with E-state index in [4.69, 9.17) is 32.4 Å². The number of alkyl halides is 6. The van der Waals surface area contributed by atoms with Crippen molar-refractivity contribution in [1.29, 1.82) is 0 Å². The Balaban J connectivity index is 2.15. The third kappa shape index (κ3) is 9.16.